The Balaban J connectivity index is 1.87. The molecule has 160 valence electrons. The number of aromatic nitrogens is 2. The number of fused-ring (bicyclic) bond motifs is 3. The van der Waals surface area contributed by atoms with Gasteiger partial charge in [0.15, 0.2) is 11.1 Å². The molecule has 1 fully saturated rings. The van der Waals surface area contributed by atoms with Gasteiger partial charge >= 0.3 is 0 Å². The zero-order valence-corrected chi connectivity index (χ0v) is 18.2. The lowest BCUT2D eigenvalue weighted by molar-refractivity contribution is 0.100. The van der Waals surface area contributed by atoms with Gasteiger partial charge in [-0.3, -0.25) is 4.79 Å². The fourth-order valence-corrected chi connectivity index (χ4v) is 4.96. The summed E-state index contributed by atoms with van der Waals surface area (Å²) in [7, 11) is 0. The third-order valence-corrected chi connectivity index (χ3v) is 6.62. The van der Waals surface area contributed by atoms with E-state index >= 15 is 0 Å². The summed E-state index contributed by atoms with van der Waals surface area (Å²) in [6.07, 6.45) is 2.34. The first-order chi connectivity index (χ1) is 14.8. The normalized spacial score (nSPS) is 15.1. The lowest BCUT2D eigenvalue weighted by Gasteiger charge is -2.11. The van der Waals surface area contributed by atoms with E-state index in [2.05, 4.69) is 9.72 Å². The van der Waals surface area contributed by atoms with E-state index in [0.29, 0.717) is 17.2 Å². The van der Waals surface area contributed by atoms with Crippen LogP contribution in [0.5, 0.6) is 0 Å². The first kappa shape index (κ1) is 20.0. The average molecular weight is 438 g/mol. The number of nitrogens with zero attached hydrogens (tertiary/aromatic N) is 2. The molecule has 1 saturated carbocycles. The molecule has 4 aromatic rings. The molecule has 2 heterocycles. The number of nitrogens with two attached hydrogens (primary N) is 1. The van der Waals surface area contributed by atoms with Gasteiger partial charge in [0.05, 0.1) is 22.5 Å². The molecule has 1 amide bonds. The van der Waals surface area contributed by atoms with Gasteiger partial charge in [-0.05, 0) is 68.0 Å². The van der Waals surface area contributed by atoms with Crippen LogP contribution in [0.15, 0.2) is 34.9 Å². The summed E-state index contributed by atoms with van der Waals surface area (Å²) in [4.78, 5) is 12.5. The SMILES string of the molecule is Cc1noc(C)c1-c1cc(C(N)=O)c2c(c1)c1cc(CS(=O)O)ccc1n2CC1CC1. The summed E-state index contributed by atoms with van der Waals surface area (Å²) in [5, 5.41) is 5.89. The number of benzene rings is 2. The summed E-state index contributed by atoms with van der Waals surface area (Å²) in [5.74, 6) is 0.823. The van der Waals surface area contributed by atoms with Gasteiger partial charge in [0.25, 0.3) is 5.91 Å². The van der Waals surface area contributed by atoms with Crippen molar-refractivity contribution in [3.8, 4) is 11.1 Å². The highest BCUT2D eigenvalue weighted by atomic mass is 32.2. The molecule has 5 rings (SSSR count). The predicted molar refractivity (Wildman–Crippen MR) is 120 cm³/mol. The lowest BCUT2D eigenvalue weighted by Crippen LogP contribution is -2.14. The summed E-state index contributed by atoms with van der Waals surface area (Å²) in [5.41, 5.74) is 11.3. The first-order valence-electron chi connectivity index (χ1n) is 10.2. The molecule has 1 atom stereocenters. The Morgan fingerprint density at radius 2 is 2.03 bits per heavy atom. The van der Waals surface area contributed by atoms with Crippen LogP contribution in [0.2, 0.25) is 0 Å². The number of aryl methyl sites for hydroxylation is 2. The Kier molecular flexibility index (Phi) is 4.71. The van der Waals surface area contributed by atoms with Crippen molar-refractivity contribution in [3.05, 3.63) is 52.9 Å². The highest BCUT2D eigenvalue weighted by Crippen LogP contribution is 2.40. The van der Waals surface area contributed by atoms with Crippen molar-refractivity contribution in [3.63, 3.8) is 0 Å². The number of amides is 1. The van der Waals surface area contributed by atoms with Gasteiger partial charge in [0.2, 0.25) is 0 Å². The summed E-state index contributed by atoms with van der Waals surface area (Å²) >= 11 is -1.93. The lowest BCUT2D eigenvalue weighted by atomic mass is 9.97. The van der Waals surface area contributed by atoms with Crippen molar-refractivity contribution < 1.29 is 18.1 Å². The van der Waals surface area contributed by atoms with E-state index in [0.717, 1.165) is 50.7 Å². The Hall–Kier alpha value is -2.97. The van der Waals surface area contributed by atoms with Gasteiger partial charge < -0.3 is 19.4 Å². The quantitative estimate of drug-likeness (QED) is 0.437. The molecule has 0 bridgehead atoms. The molecular weight excluding hydrogens is 414 g/mol. The third-order valence-electron chi connectivity index (χ3n) is 6.04. The van der Waals surface area contributed by atoms with Gasteiger partial charge in [0.1, 0.15) is 5.76 Å². The summed E-state index contributed by atoms with van der Waals surface area (Å²) < 4.78 is 28.3. The molecule has 0 saturated heterocycles. The van der Waals surface area contributed by atoms with E-state index in [-0.39, 0.29) is 5.75 Å². The number of hydrogen-bond acceptors (Lipinski definition) is 4. The van der Waals surface area contributed by atoms with Crippen LogP contribution in [-0.2, 0) is 23.4 Å². The Morgan fingerprint density at radius 3 is 2.65 bits per heavy atom. The van der Waals surface area contributed by atoms with Crippen LogP contribution >= 0.6 is 0 Å². The molecule has 1 aliphatic rings. The molecule has 1 unspecified atom stereocenters. The van der Waals surface area contributed by atoms with Gasteiger partial charge in [0, 0.05) is 28.4 Å². The monoisotopic (exact) mass is 437 g/mol. The van der Waals surface area contributed by atoms with Crippen molar-refractivity contribution in [2.24, 2.45) is 11.7 Å². The van der Waals surface area contributed by atoms with Crippen LogP contribution in [-0.4, -0.2) is 24.4 Å². The highest BCUT2D eigenvalue weighted by Gasteiger charge is 2.26. The van der Waals surface area contributed by atoms with Crippen LogP contribution in [0.3, 0.4) is 0 Å². The van der Waals surface area contributed by atoms with Crippen LogP contribution < -0.4 is 5.73 Å². The van der Waals surface area contributed by atoms with Crippen molar-refractivity contribution in [2.75, 3.05) is 0 Å². The zero-order chi connectivity index (χ0) is 21.9. The minimum absolute atomic E-state index is 0.0530. The Morgan fingerprint density at radius 1 is 1.26 bits per heavy atom. The molecule has 0 radical (unpaired) electrons. The molecule has 1 aliphatic carbocycles. The summed E-state index contributed by atoms with van der Waals surface area (Å²) in [6.45, 7) is 4.52. The second kappa shape index (κ2) is 7.32. The van der Waals surface area contributed by atoms with E-state index in [1.54, 1.807) is 0 Å². The summed E-state index contributed by atoms with van der Waals surface area (Å²) in [6, 6.07) is 9.65. The van der Waals surface area contributed by atoms with Gasteiger partial charge in [-0.15, -0.1) is 0 Å². The maximum Gasteiger partial charge on any atom is 0.250 e. The van der Waals surface area contributed by atoms with Crippen LogP contribution in [0, 0.1) is 19.8 Å². The van der Waals surface area contributed by atoms with Crippen molar-refractivity contribution in [1.82, 2.24) is 9.72 Å². The number of carbonyl (C=O) groups excluding carboxylic acids is 1. The van der Waals surface area contributed by atoms with Crippen molar-refractivity contribution in [1.29, 1.82) is 0 Å². The molecule has 3 N–H and O–H groups in total. The first-order valence-corrected chi connectivity index (χ1v) is 11.5. The van der Waals surface area contributed by atoms with E-state index in [1.807, 2.05) is 44.2 Å². The molecule has 0 aliphatic heterocycles. The highest BCUT2D eigenvalue weighted by molar-refractivity contribution is 7.78. The standard InChI is InChI=1S/C23H23N3O4S/c1-12-21(13(2)30-25-12)16-8-18-17-7-15(11-31(28)29)5-6-20(17)26(10-14-3-4-14)22(18)19(9-16)23(24)27/h5-9,14H,3-4,10-11H2,1-2H3,(H2,24,27)(H,28,29). The zero-order valence-electron chi connectivity index (χ0n) is 17.3. The van der Waals surface area contributed by atoms with Crippen LogP contribution in [0.25, 0.3) is 32.9 Å². The number of carbonyl (C=O) groups is 1. The molecular formula is C23H23N3O4S. The van der Waals surface area contributed by atoms with E-state index in [1.165, 1.54) is 12.8 Å². The minimum atomic E-state index is -1.93. The largest absolute Gasteiger partial charge is 0.366 e. The van der Waals surface area contributed by atoms with Gasteiger partial charge in [-0.25, -0.2) is 4.21 Å². The second-order valence-corrected chi connectivity index (χ2v) is 9.29. The molecule has 8 heteroatoms. The fourth-order valence-electron chi connectivity index (χ4n) is 4.49. The molecule has 31 heavy (non-hydrogen) atoms. The van der Waals surface area contributed by atoms with Crippen molar-refractivity contribution in [2.45, 2.75) is 39.0 Å². The topological polar surface area (TPSA) is 111 Å². The van der Waals surface area contributed by atoms with Crippen LogP contribution in [0.4, 0.5) is 0 Å². The maximum absolute atomic E-state index is 12.5. The number of primary amides is 1. The minimum Gasteiger partial charge on any atom is -0.366 e. The number of rotatable bonds is 6. The second-order valence-electron chi connectivity index (χ2n) is 8.35. The Labute approximate surface area is 181 Å². The van der Waals surface area contributed by atoms with Crippen molar-refractivity contribution >= 4 is 38.8 Å². The van der Waals surface area contributed by atoms with Gasteiger partial charge in [-0.2, -0.15) is 0 Å². The molecule has 2 aromatic carbocycles. The van der Waals surface area contributed by atoms with E-state index < -0.39 is 17.0 Å². The van der Waals surface area contributed by atoms with Crippen LogP contribution in [0.1, 0.15) is 40.2 Å². The van der Waals surface area contributed by atoms with E-state index in [9.17, 15) is 13.6 Å². The average Bonchev–Trinajstić information content (AvgIpc) is 3.40. The maximum atomic E-state index is 12.5. The molecule has 7 nitrogen and oxygen atoms in total. The molecule has 2 aromatic heterocycles. The Bertz CT molecular complexity index is 1360. The smallest absolute Gasteiger partial charge is 0.250 e. The predicted octanol–water partition coefficient (Wildman–Crippen LogP) is 4.30. The van der Waals surface area contributed by atoms with E-state index in [4.69, 9.17) is 10.3 Å². The molecule has 0 spiro atoms. The fraction of sp³-hybridized carbons (Fsp3) is 0.304. The number of hydrogen-bond donors (Lipinski definition) is 2. The third kappa shape index (κ3) is 3.45. The van der Waals surface area contributed by atoms with Gasteiger partial charge in [-0.1, -0.05) is 11.2 Å².